The van der Waals surface area contributed by atoms with Gasteiger partial charge < -0.3 is 20.9 Å². The molecule has 3 rings (SSSR count). The molecule has 0 aliphatic heterocycles. The lowest BCUT2D eigenvalue weighted by Gasteiger charge is -2.15. The molecule has 7 heteroatoms. The van der Waals surface area contributed by atoms with Crippen molar-refractivity contribution in [3.63, 3.8) is 0 Å². The average Bonchev–Trinajstić information content (AvgIpc) is 2.76. The van der Waals surface area contributed by atoms with Crippen LogP contribution in [0, 0.1) is 5.82 Å². The molecule has 1 unspecified atom stereocenters. The molecule has 1 atom stereocenters. The Morgan fingerprint density at radius 1 is 1.16 bits per heavy atom. The fourth-order valence-corrected chi connectivity index (χ4v) is 3.46. The van der Waals surface area contributed by atoms with Gasteiger partial charge in [-0.3, -0.25) is 4.79 Å². The first-order valence-electron chi connectivity index (χ1n) is 10.3. The first kappa shape index (κ1) is 23.2. The van der Waals surface area contributed by atoms with Crippen molar-refractivity contribution in [1.29, 1.82) is 0 Å². The number of anilines is 1. The van der Waals surface area contributed by atoms with Crippen LogP contribution in [0.2, 0.25) is 0 Å². The molecule has 4 N–H and O–H groups in total. The number of rotatable bonds is 10. The number of nitrogens with two attached hydrogens (primary N) is 1. The Morgan fingerprint density at radius 3 is 2.66 bits per heavy atom. The third-order valence-electron chi connectivity index (χ3n) is 4.96. The molecule has 0 aliphatic rings. The molecule has 0 radical (unpaired) electrons. The smallest absolute Gasteiger partial charge is 0.307 e. The quantitative estimate of drug-likeness (QED) is 0.408. The van der Waals surface area contributed by atoms with E-state index in [0.29, 0.717) is 33.7 Å². The van der Waals surface area contributed by atoms with E-state index in [1.54, 1.807) is 67.6 Å². The summed E-state index contributed by atoms with van der Waals surface area (Å²) in [5, 5.41) is 12.1. The topological polar surface area (TPSA) is 84.6 Å². The minimum absolute atomic E-state index is 0.119. The van der Waals surface area contributed by atoms with Gasteiger partial charge >= 0.3 is 5.97 Å². The third kappa shape index (κ3) is 5.82. The standard InChI is InChI=1S/C25H26F2N2O3/c1-16(28)21-6-4-7-22(25(21)27)19-11-17(12-20(13-19)29-10-9-26)15-32-23-8-3-2-5-18(23)14-24(30)31/h2-8,11-13,16,29H,9-10,14-15,28H2,1H3,(H,30,31). The van der Waals surface area contributed by atoms with E-state index in [1.807, 2.05) is 0 Å². The Balaban J connectivity index is 1.94. The van der Waals surface area contributed by atoms with E-state index in [1.165, 1.54) is 0 Å². The largest absolute Gasteiger partial charge is 0.489 e. The Labute approximate surface area is 185 Å². The highest BCUT2D eigenvalue weighted by Crippen LogP contribution is 2.31. The molecule has 0 saturated carbocycles. The van der Waals surface area contributed by atoms with Crippen molar-refractivity contribution in [3.05, 3.63) is 83.2 Å². The zero-order valence-corrected chi connectivity index (χ0v) is 17.8. The second-order valence-corrected chi connectivity index (χ2v) is 7.50. The van der Waals surface area contributed by atoms with Crippen molar-refractivity contribution in [1.82, 2.24) is 0 Å². The molecule has 0 amide bonds. The number of hydrogen-bond acceptors (Lipinski definition) is 4. The lowest BCUT2D eigenvalue weighted by molar-refractivity contribution is -0.136. The molecule has 0 saturated heterocycles. The fraction of sp³-hybridized carbons (Fsp3) is 0.240. The number of aliphatic carboxylic acids is 1. The predicted octanol–water partition coefficient (Wildman–Crippen LogP) is 5.10. The fourth-order valence-electron chi connectivity index (χ4n) is 3.46. The summed E-state index contributed by atoms with van der Waals surface area (Å²) < 4.78 is 33.7. The van der Waals surface area contributed by atoms with Crippen LogP contribution in [0.15, 0.2) is 60.7 Å². The summed E-state index contributed by atoms with van der Waals surface area (Å²) >= 11 is 0. The molecule has 5 nitrogen and oxygen atoms in total. The summed E-state index contributed by atoms with van der Waals surface area (Å²) in [6.07, 6.45) is -0.158. The van der Waals surface area contributed by atoms with Crippen molar-refractivity contribution >= 4 is 11.7 Å². The Morgan fingerprint density at radius 2 is 1.94 bits per heavy atom. The van der Waals surface area contributed by atoms with Gasteiger partial charge in [-0.2, -0.15) is 0 Å². The summed E-state index contributed by atoms with van der Waals surface area (Å²) in [5.74, 6) is -0.891. The molecule has 0 aromatic heterocycles. The van der Waals surface area contributed by atoms with E-state index in [2.05, 4.69) is 5.32 Å². The molecular formula is C25H26F2N2O3. The minimum atomic E-state index is -0.953. The normalized spacial score (nSPS) is 11.8. The number of hydrogen-bond donors (Lipinski definition) is 3. The van der Waals surface area contributed by atoms with Gasteiger partial charge in [0.2, 0.25) is 0 Å². The summed E-state index contributed by atoms with van der Waals surface area (Å²) in [4.78, 5) is 11.1. The number of halogens is 2. The zero-order chi connectivity index (χ0) is 23.1. The molecule has 0 aliphatic carbocycles. The van der Waals surface area contributed by atoms with E-state index < -0.39 is 24.5 Å². The molecule has 3 aromatic rings. The van der Waals surface area contributed by atoms with Crippen LogP contribution in [0.1, 0.15) is 29.7 Å². The minimum Gasteiger partial charge on any atom is -0.489 e. The molecular weight excluding hydrogens is 414 g/mol. The molecule has 0 bridgehead atoms. The second kappa shape index (κ2) is 10.7. The third-order valence-corrected chi connectivity index (χ3v) is 4.96. The van der Waals surface area contributed by atoms with E-state index in [-0.39, 0.29) is 19.6 Å². The molecule has 3 aromatic carbocycles. The molecule has 0 spiro atoms. The molecule has 0 heterocycles. The number of alkyl halides is 1. The van der Waals surface area contributed by atoms with E-state index in [4.69, 9.17) is 15.6 Å². The average molecular weight is 440 g/mol. The van der Waals surface area contributed by atoms with Gasteiger partial charge in [-0.25, -0.2) is 8.78 Å². The second-order valence-electron chi connectivity index (χ2n) is 7.50. The van der Waals surface area contributed by atoms with Crippen molar-refractivity contribution in [2.24, 2.45) is 5.73 Å². The molecule has 0 fully saturated rings. The first-order valence-corrected chi connectivity index (χ1v) is 10.3. The predicted molar refractivity (Wildman–Crippen MR) is 121 cm³/mol. The number of nitrogens with one attached hydrogen (secondary N) is 1. The van der Waals surface area contributed by atoms with Crippen LogP contribution in [-0.4, -0.2) is 24.3 Å². The Hall–Kier alpha value is -3.45. The number of carboxylic acids is 1. The van der Waals surface area contributed by atoms with Crippen molar-refractivity contribution < 1.29 is 23.4 Å². The maximum atomic E-state index is 15.1. The van der Waals surface area contributed by atoms with E-state index in [0.717, 1.165) is 5.56 Å². The summed E-state index contributed by atoms with van der Waals surface area (Å²) in [5.41, 5.74) is 9.20. The number of benzene rings is 3. The lowest BCUT2D eigenvalue weighted by atomic mass is 9.97. The van der Waals surface area contributed by atoms with Crippen LogP contribution in [0.3, 0.4) is 0 Å². The summed E-state index contributed by atoms with van der Waals surface area (Å²) in [6, 6.07) is 16.9. The van der Waals surface area contributed by atoms with Crippen LogP contribution in [0.5, 0.6) is 5.75 Å². The number of carbonyl (C=O) groups is 1. The summed E-state index contributed by atoms with van der Waals surface area (Å²) in [7, 11) is 0. The van der Waals surface area contributed by atoms with Crippen LogP contribution in [-0.2, 0) is 17.8 Å². The van der Waals surface area contributed by atoms with Gasteiger partial charge in [-0.05, 0) is 42.3 Å². The highest BCUT2D eigenvalue weighted by atomic mass is 19.1. The van der Waals surface area contributed by atoms with Gasteiger partial charge in [0.05, 0.1) is 6.42 Å². The van der Waals surface area contributed by atoms with Gasteiger partial charge in [0.15, 0.2) is 0 Å². The number of carboxylic acid groups (broad SMARTS) is 1. The van der Waals surface area contributed by atoms with E-state index in [9.17, 15) is 9.18 Å². The highest BCUT2D eigenvalue weighted by molar-refractivity contribution is 5.72. The van der Waals surface area contributed by atoms with E-state index >= 15 is 4.39 Å². The SMILES string of the molecule is CC(N)c1cccc(-c2cc(COc3ccccc3CC(=O)O)cc(NCCF)c2)c1F. The maximum absolute atomic E-state index is 15.1. The van der Waals surface area contributed by atoms with Crippen molar-refractivity contribution in [2.75, 3.05) is 18.5 Å². The van der Waals surface area contributed by atoms with Crippen molar-refractivity contribution in [3.8, 4) is 16.9 Å². The maximum Gasteiger partial charge on any atom is 0.307 e. The van der Waals surface area contributed by atoms with Gasteiger partial charge in [0, 0.05) is 35.0 Å². The van der Waals surface area contributed by atoms with Crippen LogP contribution in [0.4, 0.5) is 14.5 Å². The van der Waals surface area contributed by atoms with Gasteiger partial charge in [-0.15, -0.1) is 0 Å². The van der Waals surface area contributed by atoms with Gasteiger partial charge in [0.1, 0.15) is 24.8 Å². The number of para-hydroxylation sites is 1. The molecule has 168 valence electrons. The van der Waals surface area contributed by atoms with Crippen LogP contribution in [0.25, 0.3) is 11.1 Å². The van der Waals surface area contributed by atoms with Gasteiger partial charge in [-0.1, -0.05) is 36.4 Å². The zero-order valence-electron chi connectivity index (χ0n) is 17.8. The van der Waals surface area contributed by atoms with Crippen LogP contribution >= 0.6 is 0 Å². The number of ether oxygens (including phenoxy) is 1. The molecule has 32 heavy (non-hydrogen) atoms. The Bertz CT molecular complexity index is 1090. The van der Waals surface area contributed by atoms with Crippen LogP contribution < -0.4 is 15.8 Å². The first-order chi connectivity index (χ1) is 15.4. The van der Waals surface area contributed by atoms with Gasteiger partial charge in [0.25, 0.3) is 0 Å². The lowest BCUT2D eigenvalue weighted by Crippen LogP contribution is -2.08. The monoisotopic (exact) mass is 440 g/mol. The Kier molecular flexibility index (Phi) is 7.78. The highest BCUT2D eigenvalue weighted by Gasteiger charge is 2.15. The summed E-state index contributed by atoms with van der Waals surface area (Å²) in [6.45, 7) is 1.42. The van der Waals surface area contributed by atoms with Crippen molar-refractivity contribution in [2.45, 2.75) is 26.0 Å².